The van der Waals surface area contributed by atoms with Crippen molar-refractivity contribution in [2.75, 3.05) is 33.2 Å². The van der Waals surface area contributed by atoms with Crippen LogP contribution < -0.4 is 10.6 Å². The Kier molecular flexibility index (Phi) is 7.43. The molecule has 0 heterocycles. The SMILES string of the molecule is COCC[C@@H](C)NC(=O)Nc1ccc(S(=O)(=O)N(C)OC)cc1. The maximum absolute atomic E-state index is 12.0. The Morgan fingerprint density at radius 2 is 1.87 bits per heavy atom. The van der Waals surface area contributed by atoms with Crippen LogP contribution in [0.25, 0.3) is 0 Å². The zero-order valence-electron chi connectivity index (χ0n) is 13.7. The molecule has 0 fully saturated rings. The van der Waals surface area contributed by atoms with Crippen molar-refractivity contribution < 1.29 is 22.8 Å². The molecule has 0 aliphatic rings. The maximum atomic E-state index is 12.0. The van der Waals surface area contributed by atoms with E-state index in [0.29, 0.717) is 18.7 Å². The molecule has 8 nitrogen and oxygen atoms in total. The molecule has 1 aromatic rings. The second-order valence-corrected chi connectivity index (χ2v) is 6.84. The first-order valence-electron chi connectivity index (χ1n) is 7.00. The molecule has 0 bridgehead atoms. The van der Waals surface area contributed by atoms with E-state index in [2.05, 4.69) is 10.6 Å². The molecular formula is C14H23N3O5S. The van der Waals surface area contributed by atoms with Gasteiger partial charge in [-0.15, -0.1) is 0 Å². The smallest absolute Gasteiger partial charge is 0.319 e. The Morgan fingerprint density at radius 1 is 1.26 bits per heavy atom. The van der Waals surface area contributed by atoms with Gasteiger partial charge < -0.3 is 15.4 Å². The first kappa shape index (κ1) is 19.4. The summed E-state index contributed by atoms with van der Waals surface area (Å²) < 4.78 is 29.8. The highest BCUT2D eigenvalue weighted by molar-refractivity contribution is 7.89. The molecule has 0 radical (unpaired) electrons. The summed E-state index contributed by atoms with van der Waals surface area (Å²) >= 11 is 0. The lowest BCUT2D eigenvalue weighted by molar-refractivity contribution is -0.0258. The first-order valence-corrected chi connectivity index (χ1v) is 8.44. The number of nitrogens with zero attached hydrogens (tertiary/aromatic N) is 1. The summed E-state index contributed by atoms with van der Waals surface area (Å²) in [5.41, 5.74) is 0.487. The largest absolute Gasteiger partial charge is 0.385 e. The number of hydrogen-bond acceptors (Lipinski definition) is 5. The summed E-state index contributed by atoms with van der Waals surface area (Å²) in [5, 5.41) is 5.40. The molecule has 1 rings (SSSR count). The number of ether oxygens (including phenoxy) is 1. The van der Waals surface area contributed by atoms with E-state index < -0.39 is 10.0 Å². The van der Waals surface area contributed by atoms with Gasteiger partial charge in [0.2, 0.25) is 0 Å². The molecule has 9 heteroatoms. The number of methoxy groups -OCH3 is 1. The van der Waals surface area contributed by atoms with E-state index in [1.807, 2.05) is 6.92 Å². The van der Waals surface area contributed by atoms with Crippen LogP contribution in [-0.4, -0.2) is 52.8 Å². The number of hydroxylamine groups is 1. The molecule has 2 N–H and O–H groups in total. The van der Waals surface area contributed by atoms with E-state index >= 15 is 0 Å². The number of anilines is 1. The van der Waals surface area contributed by atoms with E-state index in [0.717, 1.165) is 4.47 Å². The fraction of sp³-hybridized carbons (Fsp3) is 0.500. The van der Waals surface area contributed by atoms with E-state index in [-0.39, 0.29) is 17.0 Å². The van der Waals surface area contributed by atoms with Gasteiger partial charge in [-0.25, -0.2) is 13.2 Å². The number of carbonyl (C=O) groups is 1. The molecule has 2 amide bonds. The first-order chi connectivity index (χ1) is 10.8. The van der Waals surface area contributed by atoms with Crippen molar-refractivity contribution in [1.29, 1.82) is 0 Å². The van der Waals surface area contributed by atoms with Crippen LogP contribution in [0.15, 0.2) is 29.2 Å². The van der Waals surface area contributed by atoms with Gasteiger partial charge in [-0.3, -0.25) is 4.84 Å². The lowest BCUT2D eigenvalue weighted by atomic mass is 10.2. The fourth-order valence-corrected chi connectivity index (χ4v) is 2.69. The highest BCUT2D eigenvalue weighted by atomic mass is 32.2. The minimum absolute atomic E-state index is 0.0371. The van der Waals surface area contributed by atoms with Gasteiger partial charge in [-0.05, 0) is 37.6 Å². The lowest BCUT2D eigenvalue weighted by Gasteiger charge is -2.15. The second-order valence-electron chi connectivity index (χ2n) is 4.90. The molecule has 23 heavy (non-hydrogen) atoms. The van der Waals surface area contributed by atoms with Crippen molar-refractivity contribution in [3.05, 3.63) is 24.3 Å². The predicted molar refractivity (Wildman–Crippen MR) is 86.5 cm³/mol. The fourth-order valence-electron chi connectivity index (χ4n) is 1.71. The van der Waals surface area contributed by atoms with E-state index in [9.17, 15) is 13.2 Å². The number of amides is 2. The number of urea groups is 1. The summed E-state index contributed by atoms with van der Waals surface area (Å²) in [6.07, 6.45) is 0.699. The van der Waals surface area contributed by atoms with Crippen LogP contribution in [0, 0.1) is 0 Å². The van der Waals surface area contributed by atoms with Gasteiger partial charge in [0.15, 0.2) is 0 Å². The molecule has 0 aliphatic heterocycles. The third kappa shape index (κ3) is 5.79. The number of carbonyl (C=O) groups excluding carboxylic acids is 1. The van der Waals surface area contributed by atoms with Gasteiger partial charge in [-0.2, -0.15) is 0 Å². The van der Waals surface area contributed by atoms with Crippen LogP contribution in [0.1, 0.15) is 13.3 Å². The summed E-state index contributed by atoms with van der Waals surface area (Å²) in [6, 6.07) is 5.41. The molecular weight excluding hydrogens is 322 g/mol. The zero-order valence-corrected chi connectivity index (χ0v) is 14.5. The molecule has 1 aromatic carbocycles. The Labute approximate surface area is 136 Å². The normalized spacial score (nSPS) is 12.9. The topological polar surface area (TPSA) is 97.0 Å². The van der Waals surface area contributed by atoms with Gasteiger partial charge in [0.05, 0.1) is 12.0 Å². The average Bonchev–Trinajstić information content (AvgIpc) is 2.52. The van der Waals surface area contributed by atoms with Crippen molar-refractivity contribution in [2.24, 2.45) is 0 Å². The van der Waals surface area contributed by atoms with Crippen LogP contribution in [-0.2, 0) is 19.6 Å². The highest BCUT2D eigenvalue weighted by Gasteiger charge is 2.20. The number of sulfonamides is 1. The Balaban J connectivity index is 2.66. The van der Waals surface area contributed by atoms with E-state index in [4.69, 9.17) is 9.57 Å². The summed E-state index contributed by atoms with van der Waals surface area (Å²) in [7, 11) is 0.474. The van der Waals surface area contributed by atoms with Gasteiger partial charge in [-0.1, -0.05) is 4.47 Å². The molecule has 0 unspecified atom stereocenters. The molecule has 0 saturated carbocycles. The van der Waals surface area contributed by atoms with Gasteiger partial charge in [0.25, 0.3) is 10.0 Å². The van der Waals surface area contributed by atoms with Crippen LogP contribution in [0.3, 0.4) is 0 Å². The molecule has 130 valence electrons. The van der Waals surface area contributed by atoms with Crippen molar-refractivity contribution in [3.8, 4) is 0 Å². The molecule has 0 spiro atoms. The quantitative estimate of drug-likeness (QED) is 0.695. The zero-order chi connectivity index (χ0) is 17.5. The molecule has 1 atom stereocenters. The Morgan fingerprint density at radius 3 is 2.39 bits per heavy atom. The van der Waals surface area contributed by atoms with Crippen LogP contribution in [0.2, 0.25) is 0 Å². The monoisotopic (exact) mass is 345 g/mol. The number of nitrogens with one attached hydrogen (secondary N) is 2. The van der Waals surface area contributed by atoms with Crippen LogP contribution in [0.4, 0.5) is 10.5 Å². The number of benzene rings is 1. The van der Waals surface area contributed by atoms with E-state index in [1.54, 1.807) is 7.11 Å². The summed E-state index contributed by atoms with van der Waals surface area (Å²) in [6.45, 7) is 2.43. The van der Waals surface area contributed by atoms with Crippen LogP contribution >= 0.6 is 0 Å². The van der Waals surface area contributed by atoms with Crippen molar-refractivity contribution in [1.82, 2.24) is 9.79 Å². The minimum atomic E-state index is -3.69. The average molecular weight is 345 g/mol. The van der Waals surface area contributed by atoms with E-state index in [1.165, 1.54) is 38.4 Å². The Hall–Kier alpha value is -1.68. The third-order valence-electron chi connectivity index (χ3n) is 3.14. The molecule has 0 saturated heterocycles. The summed E-state index contributed by atoms with van der Waals surface area (Å²) in [4.78, 5) is 16.6. The molecule has 0 aliphatic carbocycles. The Bertz CT molecular complexity index is 603. The molecule has 0 aromatic heterocycles. The van der Waals surface area contributed by atoms with Crippen molar-refractivity contribution >= 4 is 21.7 Å². The van der Waals surface area contributed by atoms with Gasteiger partial charge in [0.1, 0.15) is 0 Å². The summed E-state index contributed by atoms with van der Waals surface area (Å²) in [5.74, 6) is 0. The minimum Gasteiger partial charge on any atom is -0.385 e. The third-order valence-corrected chi connectivity index (χ3v) is 4.83. The van der Waals surface area contributed by atoms with Crippen molar-refractivity contribution in [2.45, 2.75) is 24.3 Å². The number of hydrogen-bond donors (Lipinski definition) is 2. The number of rotatable bonds is 8. The maximum Gasteiger partial charge on any atom is 0.319 e. The predicted octanol–water partition coefficient (Wildman–Crippen LogP) is 1.41. The van der Waals surface area contributed by atoms with Crippen molar-refractivity contribution in [3.63, 3.8) is 0 Å². The highest BCUT2D eigenvalue weighted by Crippen LogP contribution is 2.17. The lowest BCUT2D eigenvalue weighted by Crippen LogP contribution is -2.36. The second kappa shape index (κ2) is 8.82. The van der Waals surface area contributed by atoms with Gasteiger partial charge in [0, 0.05) is 32.5 Å². The van der Waals surface area contributed by atoms with Gasteiger partial charge >= 0.3 is 6.03 Å². The standard InChI is InChI=1S/C14H23N3O5S/c1-11(9-10-21-3)15-14(18)16-12-5-7-13(8-6-12)23(19,20)17(2)22-4/h5-8,11H,9-10H2,1-4H3,(H2,15,16,18)/t11-/m1/s1. The van der Waals surface area contributed by atoms with Crippen LogP contribution in [0.5, 0.6) is 0 Å².